The molecule has 0 aliphatic carbocycles. The summed E-state index contributed by atoms with van der Waals surface area (Å²) < 4.78 is 34.9. The Morgan fingerprint density at radius 1 is 0.706 bits per heavy atom. The van der Waals surface area contributed by atoms with Gasteiger partial charge in [0, 0.05) is 62.2 Å². The van der Waals surface area contributed by atoms with E-state index in [0.29, 0.717) is 57.9 Å². The van der Waals surface area contributed by atoms with Gasteiger partial charge in [0.05, 0.1) is 61.5 Å². The summed E-state index contributed by atoms with van der Waals surface area (Å²) in [5.74, 6) is -3.84. The number of amides is 8. The molecule has 8 amide bonds. The van der Waals surface area contributed by atoms with Crippen LogP contribution in [0, 0.1) is 5.92 Å². The normalized spacial score (nSPS) is 18.4. The van der Waals surface area contributed by atoms with E-state index in [1.54, 1.807) is 79.6 Å². The number of imide groups is 1. The minimum absolute atomic E-state index is 0.00239. The van der Waals surface area contributed by atoms with Gasteiger partial charge >= 0.3 is 12.1 Å². The highest BCUT2D eigenvalue weighted by Crippen LogP contribution is 2.43. The number of anilines is 2. The summed E-state index contributed by atoms with van der Waals surface area (Å²) in [5.41, 5.74) is 4.29. The number of hydrogen-bond donors (Lipinski definition) is 4. The number of rotatable bonds is 20. The van der Waals surface area contributed by atoms with Gasteiger partial charge in [0.25, 0.3) is 23.6 Å². The molecule has 0 spiro atoms. The van der Waals surface area contributed by atoms with Crippen LogP contribution < -0.4 is 39.8 Å². The Labute approximate surface area is 489 Å². The lowest BCUT2D eigenvalue weighted by Crippen LogP contribution is -2.54. The van der Waals surface area contributed by atoms with E-state index in [2.05, 4.69) is 34.1 Å². The van der Waals surface area contributed by atoms with Crippen molar-refractivity contribution in [3.8, 4) is 23.0 Å². The smallest absolute Gasteiger partial charge is 0.416 e. The number of ether oxygens (including phenoxy) is 6. The lowest BCUT2D eigenvalue weighted by molar-refractivity contribution is -0.137. The minimum Gasteiger partial charge on any atom is -0.493 e. The molecule has 0 saturated carbocycles. The number of nitrogens with one attached hydrogen (secondary N) is 3. The number of benzene rings is 4. The van der Waals surface area contributed by atoms with Crippen LogP contribution in [0.2, 0.25) is 0 Å². The zero-order valence-electron chi connectivity index (χ0n) is 47.6. The van der Waals surface area contributed by atoms with Crippen molar-refractivity contribution >= 4 is 76.7 Å². The van der Waals surface area contributed by atoms with Gasteiger partial charge in [-0.25, -0.2) is 14.5 Å². The van der Waals surface area contributed by atoms with Crippen LogP contribution in [0.5, 0.6) is 23.0 Å². The highest BCUT2D eigenvalue weighted by atomic mass is 16.6. The molecule has 4 N–H and O–H groups in total. The van der Waals surface area contributed by atoms with Crippen molar-refractivity contribution in [3.05, 3.63) is 137 Å². The van der Waals surface area contributed by atoms with E-state index >= 15 is 0 Å². The molecule has 0 aromatic heterocycles. The van der Waals surface area contributed by atoms with Gasteiger partial charge in [-0.05, 0) is 84.8 Å². The number of esters is 1. The Hall–Kier alpha value is -9.84. The van der Waals surface area contributed by atoms with Crippen LogP contribution in [0.3, 0.4) is 0 Å². The average Bonchev–Trinajstić information content (AvgIpc) is 4.37. The van der Waals surface area contributed by atoms with Crippen molar-refractivity contribution in [2.24, 2.45) is 10.9 Å². The average molecular weight is 1170 g/mol. The first kappa shape index (κ1) is 59.8. The Morgan fingerprint density at radius 3 is 1.95 bits per heavy atom. The van der Waals surface area contributed by atoms with Crippen molar-refractivity contribution in [3.63, 3.8) is 0 Å². The van der Waals surface area contributed by atoms with Crippen LogP contribution >= 0.6 is 0 Å². The first-order valence-electron chi connectivity index (χ1n) is 27.2. The number of hydrogen-bond acceptors (Lipinski definition) is 17. The van der Waals surface area contributed by atoms with E-state index in [9.17, 15) is 48.3 Å². The van der Waals surface area contributed by atoms with E-state index < -0.39 is 71.9 Å². The van der Waals surface area contributed by atoms with Crippen molar-refractivity contribution < 1.29 is 76.7 Å². The van der Waals surface area contributed by atoms with Crippen LogP contribution in [0.1, 0.15) is 87.8 Å². The molecule has 24 heteroatoms. The summed E-state index contributed by atoms with van der Waals surface area (Å²) in [7, 11) is 4.08. The van der Waals surface area contributed by atoms with Gasteiger partial charge in [0.1, 0.15) is 31.9 Å². The Morgan fingerprint density at radius 2 is 1.32 bits per heavy atom. The van der Waals surface area contributed by atoms with Gasteiger partial charge in [-0.1, -0.05) is 50.3 Å². The molecule has 444 valence electrons. The molecule has 5 aliphatic heterocycles. The summed E-state index contributed by atoms with van der Waals surface area (Å²) in [4.78, 5) is 128. The highest BCUT2D eigenvalue weighted by Gasteiger charge is 2.46. The van der Waals surface area contributed by atoms with E-state index in [1.165, 1.54) is 45.3 Å². The summed E-state index contributed by atoms with van der Waals surface area (Å²) in [6, 6.07) is 14.0. The van der Waals surface area contributed by atoms with Gasteiger partial charge in [-0.2, -0.15) is 0 Å². The Kier molecular flexibility index (Phi) is 17.8. The van der Waals surface area contributed by atoms with E-state index in [0.717, 1.165) is 27.5 Å². The zero-order valence-corrected chi connectivity index (χ0v) is 47.6. The summed E-state index contributed by atoms with van der Waals surface area (Å²) in [6.07, 6.45) is 1.88. The first-order valence-corrected chi connectivity index (χ1v) is 27.2. The highest BCUT2D eigenvalue weighted by molar-refractivity contribution is 6.13. The molecule has 5 heterocycles. The van der Waals surface area contributed by atoms with Gasteiger partial charge in [0.2, 0.25) is 17.7 Å². The largest absolute Gasteiger partial charge is 0.493 e. The number of aliphatic hydroxyl groups is 1. The Bertz CT molecular complexity index is 3470. The molecule has 0 bridgehead atoms. The minimum atomic E-state index is -1.62. The fourth-order valence-corrected chi connectivity index (χ4v) is 10.4. The lowest BCUT2D eigenvalue weighted by Gasteiger charge is -2.31. The quantitative estimate of drug-likeness (QED) is 0.0497. The number of aliphatic hydroxyl groups excluding tert-OH is 1. The molecule has 85 heavy (non-hydrogen) atoms. The molecule has 2 fully saturated rings. The summed E-state index contributed by atoms with van der Waals surface area (Å²) in [6.45, 7) is 12.8. The predicted octanol–water partition coefficient (Wildman–Crippen LogP) is 5.28. The second-order valence-electron chi connectivity index (χ2n) is 21.3. The van der Waals surface area contributed by atoms with E-state index in [4.69, 9.17) is 28.4 Å². The SMILES string of the molecule is C=C1C[C@H]2C=Nc3cc(OCc4cc(COc5cc6c(cc5OC)C(=O)N5CC(=C)C[C@H]5[C@H](O)N6C(=O)OCc5ccc(NC(=O)[C@H](C)NC(=O)[C@@H](NC(=O)CCN6C(=O)C=CC6=O)C(C)C)cc5)cc(C(=O)OC)c4)c(OC)cc3C(=O)N2C1. The monoisotopic (exact) mass is 1160 g/mol. The standard InChI is InChI=1S/C61H64N8O16/c1-32(2)54(65-51(70)15-16-66-52(71)13-14-53(66)72)56(74)63-35(5)55(73)64-40-11-9-36(10-12-40)29-85-61(79)69-45-25-50(48(81-7)23-43(45)58(76)68-28-34(4)18-46(68)59(69)77)84-31-38-19-37(20-39(21-38)60(78)82-8)30-83-49-24-44-42(22-47(49)80-6)57(75)67-27-33(3)17-41(67)26-62-44/h9-14,19-26,32,35,41,46,54,59,77H,3-4,15-18,27-31H2,1-2,5-8H3,(H,63,74)(H,64,73)(H,65,70)/t35-,41-,46-,54-,59-/m0/s1. The summed E-state index contributed by atoms with van der Waals surface area (Å²) in [5, 5.41) is 20.0. The van der Waals surface area contributed by atoms with Crippen LogP contribution in [0.15, 0.2) is 108 Å². The lowest BCUT2D eigenvalue weighted by atomic mass is 10.0. The number of aliphatic imine (C=N–C) groups is 1. The molecule has 5 atom stereocenters. The van der Waals surface area contributed by atoms with Crippen LogP contribution in [-0.4, -0.2) is 151 Å². The third-order valence-corrected chi connectivity index (χ3v) is 14.9. The number of carbonyl (C=O) groups is 9. The maximum atomic E-state index is 14.4. The molecule has 4 aromatic rings. The van der Waals surface area contributed by atoms with Gasteiger partial charge in [0.15, 0.2) is 29.2 Å². The van der Waals surface area contributed by atoms with Gasteiger partial charge in [-0.15, -0.1) is 0 Å². The predicted molar refractivity (Wildman–Crippen MR) is 306 cm³/mol. The molecule has 9 rings (SSSR count). The van der Waals surface area contributed by atoms with Crippen LogP contribution in [0.4, 0.5) is 21.9 Å². The molecule has 4 aromatic carbocycles. The van der Waals surface area contributed by atoms with Crippen molar-refractivity contribution in [1.82, 2.24) is 25.3 Å². The zero-order chi connectivity index (χ0) is 61.0. The van der Waals surface area contributed by atoms with Gasteiger partial charge < -0.3 is 59.3 Å². The molecule has 0 radical (unpaired) electrons. The third-order valence-electron chi connectivity index (χ3n) is 14.9. The number of methoxy groups -OCH3 is 3. The van der Waals surface area contributed by atoms with Crippen molar-refractivity contribution in [1.29, 1.82) is 0 Å². The topological polar surface area (TPSA) is 291 Å². The van der Waals surface area contributed by atoms with Gasteiger partial charge in [-0.3, -0.25) is 43.5 Å². The third kappa shape index (κ3) is 13.0. The molecule has 2 saturated heterocycles. The first-order chi connectivity index (χ1) is 40.6. The number of fused-ring (bicyclic) bond motifs is 4. The van der Waals surface area contributed by atoms with E-state index in [1.807, 2.05) is 0 Å². The summed E-state index contributed by atoms with van der Waals surface area (Å²) >= 11 is 0. The molecule has 24 nitrogen and oxygen atoms in total. The fraction of sp³-hybridized carbons (Fsp3) is 0.344. The molecular weight excluding hydrogens is 1100 g/mol. The van der Waals surface area contributed by atoms with E-state index in [-0.39, 0.29) is 97.7 Å². The second-order valence-corrected chi connectivity index (χ2v) is 21.3. The molecule has 0 unspecified atom stereocenters. The van der Waals surface area contributed by atoms with Crippen molar-refractivity contribution in [2.45, 2.75) is 90.2 Å². The molecular formula is C61H64N8O16. The fourth-order valence-electron chi connectivity index (χ4n) is 10.4. The second kappa shape index (κ2) is 25.3. The number of nitrogens with zero attached hydrogens (tertiary/aromatic N) is 5. The van der Waals surface area contributed by atoms with Crippen LogP contribution in [0.25, 0.3) is 0 Å². The Balaban J connectivity index is 0.871. The maximum absolute atomic E-state index is 14.4. The van der Waals surface area contributed by atoms with Crippen LogP contribution in [-0.2, 0) is 53.3 Å². The van der Waals surface area contributed by atoms with Crippen molar-refractivity contribution in [2.75, 3.05) is 51.2 Å². The number of carbonyl (C=O) groups excluding carboxylic acids is 9. The molecule has 5 aliphatic rings. The maximum Gasteiger partial charge on any atom is 0.416 e.